The maximum atomic E-state index is 13.1. The zero-order valence-corrected chi connectivity index (χ0v) is 24.9. The number of carbonyl (C=O) groups is 1. The molecule has 12 nitrogen and oxygen atoms in total. The fourth-order valence-electron chi connectivity index (χ4n) is 4.42. The second-order valence-corrected chi connectivity index (χ2v) is 11.7. The van der Waals surface area contributed by atoms with Gasteiger partial charge >= 0.3 is 12.3 Å². The lowest BCUT2D eigenvalue weighted by molar-refractivity contribution is -0.274. The largest absolute Gasteiger partial charge is 0.573 e. The molecule has 0 saturated carbocycles. The third-order valence-corrected chi connectivity index (χ3v) is 8.79. The molecule has 3 heterocycles. The predicted molar refractivity (Wildman–Crippen MR) is 154 cm³/mol. The molecule has 1 fully saturated rings. The number of carboxylic acid groups (broad SMARTS) is 1. The minimum atomic E-state index is -4.93. The summed E-state index contributed by atoms with van der Waals surface area (Å²) < 4.78 is 93.8. The van der Waals surface area contributed by atoms with Crippen LogP contribution in [-0.2, 0) is 27.3 Å². The zero-order valence-electron chi connectivity index (χ0n) is 24.1. The van der Waals surface area contributed by atoms with Crippen molar-refractivity contribution < 1.29 is 45.0 Å². The van der Waals surface area contributed by atoms with Crippen molar-refractivity contribution in [2.75, 3.05) is 24.5 Å². The van der Waals surface area contributed by atoms with Gasteiger partial charge in [-0.2, -0.15) is 4.31 Å². The van der Waals surface area contributed by atoms with Crippen molar-refractivity contribution in [1.82, 2.24) is 24.2 Å². The fraction of sp³-hybridized carbons (Fsp3) is 0.321. The van der Waals surface area contributed by atoms with E-state index in [0.717, 1.165) is 34.1 Å². The molecule has 0 unspecified atom stereocenters. The third kappa shape index (κ3) is 8.18. The molecular formula is C28H28F5N7O5S. The number of nitrogens with zero attached hydrogens (tertiary/aromatic N) is 6. The maximum Gasteiger partial charge on any atom is 0.573 e. The summed E-state index contributed by atoms with van der Waals surface area (Å²) in [6.45, 7) is 1.53. The lowest BCUT2D eigenvalue weighted by Crippen LogP contribution is -2.58. The molecule has 2 aromatic carbocycles. The molecule has 1 saturated heterocycles. The van der Waals surface area contributed by atoms with Crippen LogP contribution in [0.2, 0.25) is 0 Å². The van der Waals surface area contributed by atoms with Crippen molar-refractivity contribution in [2.45, 2.75) is 43.1 Å². The van der Waals surface area contributed by atoms with E-state index in [0.29, 0.717) is 23.5 Å². The second-order valence-electron chi connectivity index (χ2n) is 9.85. The van der Waals surface area contributed by atoms with E-state index in [9.17, 15) is 40.3 Å². The number of benzene rings is 2. The first-order valence-corrected chi connectivity index (χ1v) is 15.0. The predicted octanol–water partition coefficient (Wildman–Crippen LogP) is 3.93. The van der Waals surface area contributed by atoms with Gasteiger partial charge in [-0.1, -0.05) is 31.2 Å². The van der Waals surface area contributed by atoms with Crippen LogP contribution in [0.5, 0.6) is 5.75 Å². The lowest BCUT2D eigenvalue weighted by Gasteiger charge is -2.38. The van der Waals surface area contributed by atoms with Gasteiger partial charge in [0.1, 0.15) is 29.5 Å². The molecule has 18 heteroatoms. The molecule has 3 N–H and O–H groups in total. The summed E-state index contributed by atoms with van der Waals surface area (Å²) in [6, 6.07) is 8.22. The van der Waals surface area contributed by atoms with Crippen LogP contribution >= 0.6 is 0 Å². The first kappa shape index (κ1) is 34.3. The van der Waals surface area contributed by atoms with E-state index >= 15 is 0 Å². The fourth-order valence-corrected chi connectivity index (χ4v) is 5.98. The Morgan fingerprint density at radius 2 is 1.70 bits per heavy atom. The Balaban J connectivity index is 0.000000310. The summed E-state index contributed by atoms with van der Waals surface area (Å²) in [4.78, 5) is 29.4. The van der Waals surface area contributed by atoms with Gasteiger partial charge in [0.2, 0.25) is 10.0 Å². The number of rotatable bonds is 8. The monoisotopic (exact) mass is 669 g/mol. The number of nitrogens with two attached hydrogens (primary N) is 1. The Morgan fingerprint density at radius 1 is 1.02 bits per heavy atom. The third-order valence-electron chi connectivity index (χ3n) is 6.87. The summed E-state index contributed by atoms with van der Waals surface area (Å²) in [7, 11) is -4.32. The normalized spacial score (nSPS) is 16.1. The standard InChI is InChI=1S/C18H15F3N6O5S.C10H13F2N/c19-18(20,21)32-11-1-3-12(4-2-11)33(30,31)27-6-5-26(9-14(27)17(28)29)15-8-23-16-13(25-15)7-22-10-24-16;1-2-10(11,12)9-5-3-8(7-13)4-6-9/h1-4,7-8,10,14H,5-6,9H2,(H,28,29);3-6H,2,7,13H2,1H3/t14-;/m1./s1. The highest BCUT2D eigenvalue weighted by Gasteiger charge is 2.41. The van der Waals surface area contributed by atoms with Gasteiger partial charge < -0.3 is 20.5 Å². The van der Waals surface area contributed by atoms with Crippen LogP contribution in [-0.4, -0.2) is 75.8 Å². The van der Waals surface area contributed by atoms with Gasteiger partial charge in [-0.15, -0.1) is 13.2 Å². The molecular weight excluding hydrogens is 641 g/mol. The summed E-state index contributed by atoms with van der Waals surface area (Å²) >= 11 is 0. The Bertz CT molecular complexity index is 1760. The van der Waals surface area contributed by atoms with E-state index in [1.54, 1.807) is 17.0 Å². The van der Waals surface area contributed by atoms with Crippen LogP contribution in [0.25, 0.3) is 11.2 Å². The van der Waals surface area contributed by atoms with Crippen LogP contribution in [0.1, 0.15) is 24.5 Å². The molecule has 0 bridgehead atoms. The number of aromatic nitrogens is 4. The van der Waals surface area contributed by atoms with Crippen molar-refractivity contribution in [1.29, 1.82) is 0 Å². The van der Waals surface area contributed by atoms with Gasteiger partial charge in [-0.05, 0) is 29.8 Å². The Morgan fingerprint density at radius 3 is 2.28 bits per heavy atom. The van der Waals surface area contributed by atoms with Crippen LogP contribution in [0.4, 0.5) is 27.8 Å². The molecule has 0 aliphatic carbocycles. The number of fused-ring (bicyclic) bond motifs is 1. The van der Waals surface area contributed by atoms with Crippen molar-refractivity contribution in [3.8, 4) is 5.75 Å². The molecule has 0 amide bonds. The summed E-state index contributed by atoms with van der Waals surface area (Å²) in [5, 5.41) is 9.69. The lowest BCUT2D eigenvalue weighted by atomic mass is 10.0. The first-order chi connectivity index (χ1) is 21.6. The van der Waals surface area contributed by atoms with Crippen LogP contribution in [0.15, 0.2) is 72.1 Å². The number of hydrogen-bond donors (Lipinski definition) is 2. The molecule has 0 spiro atoms. The maximum absolute atomic E-state index is 13.1. The van der Waals surface area contributed by atoms with Gasteiger partial charge in [-0.3, -0.25) is 4.79 Å². The minimum Gasteiger partial charge on any atom is -0.480 e. The number of carboxylic acids is 1. The number of alkyl halides is 5. The van der Waals surface area contributed by atoms with Gasteiger partial charge in [0, 0.05) is 38.2 Å². The molecule has 246 valence electrons. The van der Waals surface area contributed by atoms with Gasteiger partial charge in [0.25, 0.3) is 5.92 Å². The van der Waals surface area contributed by atoms with E-state index in [-0.39, 0.29) is 36.5 Å². The van der Waals surface area contributed by atoms with Gasteiger partial charge in [0.05, 0.1) is 17.3 Å². The van der Waals surface area contributed by atoms with Crippen molar-refractivity contribution >= 4 is 33.0 Å². The number of anilines is 1. The van der Waals surface area contributed by atoms with Crippen molar-refractivity contribution in [3.63, 3.8) is 0 Å². The first-order valence-electron chi connectivity index (χ1n) is 13.6. The summed E-state index contributed by atoms with van der Waals surface area (Å²) in [5.74, 6) is -4.38. The van der Waals surface area contributed by atoms with E-state index in [2.05, 4.69) is 24.7 Å². The summed E-state index contributed by atoms with van der Waals surface area (Å²) in [5.41, 5.74) is 7.02. The van der Waals surface area contributed by atoms with Crippen LogP contribution < -0.4 is 15.4 Å². The molecule has 1 aliphatic heterocycles. The number of piperazine rings is 1. The topological polar surface area (TPSA) is 165 Å². The molecule has 5 rings (SSSR count). The highest BCUT2D eigenvalue weighted by Crippen LogP contribution is 2.31. The molecule has 1 atom stereocenters. The Hall–Kier alpha value is -4.55. The van der Waals surface area contributed by atoms with E-state index in [1.165, 1.54) is 37.8 Å². The number of hydrogen-bond acceptors (Lipinski definition) is 10. The minimum absolute atomic E-state index is 0.0622. The van der Waals surface area contributed by atoms with Gasteiger partial charge in [-0.25, -0.2) is 37.1 Å². The molecule has 4 aromatic rings. The van der Waals surface area contributed by atoms with Crippen LogP contribution in [0, 0.1) is 0 Å². The van der Waals surface area contributed by atoms with E-state index in [4.69, 9.17) is 5.73 Å². The highest BCUT2D eigenvalue weighted by molar-refractivity contribution is 7.89. The average molecular weight is 670 g/mol. The smallest absolute Gasteiger partial charge is 0.480 e. The Labute approximate surface area is 259 Å². The zero-order chi connectivity index (χ0) is 33.7. The van der Waals surface area contributed by atoms with E-state index < -0.39 is 40.1 Å². The number of ether oxygens (including phenoxy) is 1. The van der Waals surface area contributed by atoms with Gasteiger partial charge in [0.15, 0.2) is 5.65 Å². The molecule has 1 aliphatic rings. The number of sulfonamides is 1. The van der Waals surface area contributed by atoms with Crippen molar-refractivity contribution in [2.24, 2.45) is 5.73 Å². The molecule has 2 aromatic heterocycles. The number of halogens is 5. The van der Waals surface area contributed by atoms with Crippen molar-refractivity contribution in [3.05, 3.63) is 78.4 Å². The average Bonchev–Trinajstić information content (AvgIpc) is 3.04. The molecule has 46 heavy (non-hydrogen) atoms. The highest BCUT2D eigenvalue weighted by atomic mass is 32.2. The second kappa shape index (κ2) is 13.8. The number of aliphatic carboxylic acids is 1. The van der Waals surface area contributed by atoms with E-state index in [1.807, 2.05) is 0 Å². The molecule has 0 radical (unpaired) electrons. The SMILES string of the molecule is CCC(F)(F)c1ccc(CN)cc1.O=C(O)[C@H]1CN(c2cnc3ncncc3n2)CCN1S(=O)(=O)c1ccc(OC(F)(F)F)cc1. The Kier molecular flexibility index (Phi) is 10.3. The van der Waals surface area contributed by atoms with Crippen LogP contribution in [0.3, 0.4) is 0 Å². The quantitative estimate of drug-likeness (QED) is 0.261. The summed E-state index contributed by atoms with van der Waals surface area (Å²) in [6.07, 6.45) is -0.946.